The highest BCUT2D eigenvalue weighted by molar-refractivity contribution is 7.93. The zero-order valence-corrected chi connectivity index (χ0v) is 19.0. The van der Waals surface area contributed by atoms with Gasteiger partial charge in [0.15, 0.2) is 0 Å². The number of carbonyl (C=O) groups excluding carboxylic acids is 1. The Bertz CT molecular complexity index is 1470. The number of hydrogen-bond donors (Lipinski definition) is 1. The normalized spacial score (nSPS) is 15.0. The predicted molar refractivity (Wildman–Crippen MR) is 130 cm³/mol. The molecule has 4 aromatic rings. The first-order valence-electron chi connectivity index (χ1n) is 10.3. The Morgan fingerprint density at radius 3 is 2.48 bits per heavy atom. The van der Waals surface area contributed by atoms with Crippen LogP contribution in [-0.4, -0.2) is 36.6 Å². The van der Waals surface area contributed by atoms with Crippen molar-refractivity contribution in [2.75, 3.05) is 21.9 Å². The number of benzene rings is 3. The zero-order chi connectivity index (χ0) is 23.0. The first-order valence-corrected chi connectivity index (χ1v) is 12.3. The smallest absolute Gasteiger partial charge is 0.255 e. The number of fused-ring (bicyclic) bond motifs is 1. The van der Waals surface area contributed by atoms with Gasteiger partial charge in [-0.2, -0.15) is 0 Å². The molecule has 1 aromatic heterocycles. The van der Waals surface area contributed by atoms with Crippen LogP contribution in [0.3, 0.4) is 0 Å². The molecule has 0 spiro atoms. The molecule has 0 unspecified atom stereocenters. The molecule has 33 heavy (non-hydrogen) atoms. The number of hydrogen-bond acceptors (Lipinski definition) is 5. The van der Waals surface area contributed by atoms with Crippen molar-refractivity contribution in [1.29, 1.82) is 0 Å². The van der Waals surface area contributed by atoms with Crippen molar-refractivity contribution in [2.45, 2.75) is 6.42 Å². The molecule has 0 radical (unpaired) electrons. The monoisotopic (exact) mass is 478 g/mol. The summed E-state index contributed by atoms with van der Waals surface area (Å²) < 4.78 is 25.6. The number of sulfonamides is 1. The highest BCUT2D eigenvalue weighted by Gasteiger charge is 2.28. The maximum absolute atomic E-state index is 12.8. The summed E-state index contributed by atoms with van der Waals surface area (Å²) in [4.78, 5) is 21.8. The minimum absolute atomic E-state index is 0.149. The fourth-order valence-corrected chi connectivity index (χ4v) is 5.58. The SMILES string of the molecule is O=C(Nc1ccc(Cl)c(-c2cnc3ccccc3n2)c1)c1ccc(N2CCCS2(=O)=O)cc1. The van der Waals surface area contributed by atoms with Gasteiger partial charge in [0.1, 0.15) is 0 Å². The number of aromatic nitrogens is 2. The highest BCUT2D eigenvalue weighted by atomic mass is 35.5. The van der Waals surface area contributed by atoms with Crippen molar-refractivity contribution in [3.63, 3.8) is 0 Å². The van der Waals surface area contributed by atoms with Gasteiger partial charge in [0, 0.05) is 23.4 Å². The second kappa shape index (κ2) is 8.46. The van der Waals surface area contributed by atoms with Gasteiger partial charge in [-0.05, 0) is 61.0 Å². The van der Waals surface area contributed by atoms with Gasteiger partial charge in [-0.1, -0.05) is 23.7 Å². The molecule has 1 aliphatic heterocycles. The Morgan fingerprint density at radius 2 is 1.76 bits per heavy atom. The third kappa shape index (κ3) is 4.27. The zero-order valence-electron chi connectivity index (χ0n) is 17.4. The first-order chi connectivity index (χ1) is 15.9. The van der Waals surface area contributed by atoms with Gasteiger partial charge in [0.05, 0.1) is 39.4 Å². The second-order valence-corrected chi connectivity index (χ2v) is 10.1. The second-order valence-electron chi connectivity index (χ2n) is 7.68. The lowest BCUT2D eigenvalue weighted by atomic mass is 10.1. The topological polar surface area (TPSA) is 92.3 Å². The standard InChI is InChI=1S/C24H19ClN4O3S/c25-20-11-8-17(14-19(20)23-15-26-21-4-1-2-5-22(21)28-23)27-24(30)16-6-9-18(10-7-16)29-12-3-13-33(29,31)32/h1-2,4-11,14-15H,3,12-13H2,(H,27,30). The van der Waals surface area contributed by atoms with Gasteiger partial charge in [0.2, 0.25) is 10.0 Å². The maximum Gasteiger partial charge on any atom is 0.255 e. The predicted octanol–water partition coefficient (Wildman–Crippen LogP) is 4.74. The molecule has 0 atom stereocenters. The van der Waals surface area contributed by atoms with Gasteiger partial charge in [0.25, 0.3) is 5.91 Å². The minimum Gasteiger partial charge on any atom is -0.322 e. The molecule has 1 aliphatic rings. The van der Waals surface area contributed by atoms with E-state index < -0.39 is 10.0 Å². The minimum atomic E-state index is -3.26. The summed E-state index contributed by atoms with van der Waals surface area (Å²) in [6.45, 7) is 0.457. The molecule has 3 aromatic carbocycles. The van der Waals surface area contributed by atoms with Crippen LogP contribution in [0.5, 0.6) is 0 Å². The van der Waals surface area contributed by atoms with Gasteiger partial charge in [-0.25, -0.2) is 13.4 Å². The molecule has 1 saturated heterocycles. The summed E-state index contributed by atoms with van der Waals surface area (Å²) >= 11 is 6.40. The maximum atomic E-state index is 12.8. The molecule has 1 fully saturated rings. The lowest BCUT2D eigenvalue weighted by Crippen LogP contribution is -2.25. The first kappa shape index (κ1) is 21.4. The molecule has 9 heteroatoms. The Balaban J connectivity index is 1.37. The van der Waals surface area contributed by atoms with E-state index in [0.29, 0.717) is 46.2 Å². The summed E-state index contributed by atoms with van der Waals surface area (Å²) in [6, 6.07) is 19.2. The molecule has 5 rings (SSSR count). The van der Waals surface area contributed by atoms with E-state index in [1.54, 1.807) is 48.7 Å². The average Bonchev–Trinajstić information content (AvgIpc) is 3.19. The molecule has 2 heterocycles. The third-order valence-electron chi connectivity index (χ3n) is 5.47. The van der Waals surface area contributed by atoms with E-state index in [1.165, 1.54) is 4.31 Å². The summed E-state index contributed by atoms with van der Waals surface area (Å²) in [5.41, 5.74) is 4.33. The number of nitrogens with zero attached hydrogens (tertiary/aromatic N) is 3. The fourth-order valence-electron chi connectivity index (χ4n) is 3.80. The molecule has 0 saturated carbocycles. The van der Waals surface area contributed by atoms with Crippen molar-refractivity contribution in [2.24, 2.45) is 0 Å². The van der Waals surface area contributed by atoms with Crippen LogP contribution in [0.15, 0.2) is 72.9 Å². The summed E-state index contributed by atoms with van der Waals surface area (Å²) in [5.74, 6) is -0.167. The number of anilines is 2. The molecule has 166 valence electrons. The molecule has 0 aliphatic carbocycles. The molecule has 0 bridgehead atoms. The van der Waals surface area contributed by atoms with E-state index in [2.05, 4.69) is 15.3 Å². The van der Waals surface area contributed by atoms with Gasteiger partial charge < -0.3 is 5.32 Å². The van der Waals surface area contributed by atoms with Crippen LogP contribution in [0.1, 0.15) is 16.8 Å². The van der Waals surface area contributed by atoms with Crippen molar-refractivity contribution in [3.05, 3.63) is 83.5 Å². The van der Waals surface area contributed by atoms with Gasteiger partial charge >= 0.3 is 0 Å². The molecule has 1 N–H and O–H groups in total. The van der Waals surface area contributed by atoms with E-state index in [9.17, 15) is 13.2 Å². The van der Waals surface area contributed by atoms with Crippen molar-refractivity contribution >= 4 is 49.9 Å². The van der Waals surface area contributed by atoms with Crippen LogP contribution in [0.25, 0.3) is 22.3 Å². The van der Waals surface area contributed by atoms with E-state index in [-0.39, 0.29) is 11.7 Å². The molecular formula is C24H19ClN4O3S. The van der Waals surface area contributed by atoms with Gasteiger partial charge in [-0.3, -0.25) is 14.1 Å². The number of rotatable bonds is 4. The van der Waals surface area contributed by atoms with Crippen LogP contribution in [0.2, 0.25) is 5.02 Å². The van der Waals surface area contributed by atoms with Crippen molar-refractivity contribution in [1.82, 2.24) is 9.97 Å². The van der Waals surface area contributed by atoms with E-state index in [4.69, 9.17) is 11.6 Å². The number of nitrogens with one attached hydrogen (secondary N) is 1. The fraction of sp³-hybridized carbons (Fsp3) is 0.125. The highest BCUT2D eigenvalue weighted by Crippen LogP contribution is 2.30. The summed E-state index contributed by atoms with van der Waals surface area (Å²) in [7, 11) is -3.26. The summed E-state index contributed by atoms with van der Waals surface area (Å²) in [6.07, 6.45) is 2.26. The van der Waals surface area contributed by atoms with Crippen LogP contribution in [0, 0.1) is 0 Å². The van der Waals surface area contributed by atoms with Crippen molar-refractivity contribution < 1.29 is 13.2 Å². The Kier molecular flexibility index (Phi) is 5.47. The van der Waals surface area contributed by atoms with Gasteiger partial charge in [-0.15, -0.1) is 0 Å². The van der Waals surface area contributed by atoms with Crippen LogP contribution in [-0.2, 0) is 10.0 Å². The lowest BCUT2D eigenvalue weighted by molar-refractivity contribution is 0.102. The largest absolute Gasteiger partial charge is 0.322 e. The van der Waals surface area contributed by atoms with Crippen LogP contribution in [0.4, 0.5) is 11.4 Å². The molecular weight excluding hydrogens is 460 g/mol. The van der Waals surface area contributed by atoms with Crippen LogP contribution >= 0.6 is 11.6 Å². The Morgan fingerprint density at radius 1 is 1.00 bits per heavy atom. The number of para-hydroxylation sites is 2. The average molecular weight is 479 g/mol. The quantitative estimate of drug-likeness (QED) is 0.457. The van der Waals surface area contributed by atoms with E-state index >= 15 is 0 Å². The Hall–Kier alpha value is -3.49. The Labute approximate surface area is 196 Å². The number of carbonyl (C=O) groups is 1. The van der Waals surface area contributed by atoms with E-state index in [1.807, 2.05) is 24.3 Å². The van der Waals surface area contributed by atoms with Crippen molar-refractivity contribution in [3.8, 4) is 11.3 Å². The molecule has 7 nitrogen and oxygen atoms in total. The van der Waals surface area contributed by atoms with Crippen LogP contribution < -0.4 is 9.62 Å². The van der Waals surface area contributed by atoms with E-state index in [0.717, 1.165) is 11.0 Å². The number of amides is 1. The summed E-state index contributed by atoms with van der Waals surface area (Å²) in [5, 5.41) is 3.35. The lowest BCUT2D eigenvalue weighted by Gasteiger charge is -2.17. The number of halogens is 1. The molecule has 1 amide bonds. The third-order valence-corrected chi connectivity index (χ3v) is 7.66.